The molecule has 2 heterocycles. The molecule has 5 heteroatoms. The molecule has 0 bridgehead atoms. The minimum atomic E-state index is 0.551. The molecule has 0 spiro atoms. The first-order valence-corrected chi connectivity index (χ1v) is 6.71. The first-order valence-electron chi connectivity index (χ1n) is 6.33. The summed E-state index contributed by atoms with van der Waals surface area (Å²) in [7, 11) is 0. The van der Waals surface area contributed by atoms with Crippen LogP contribution in [0.25, 0.3) is 17.0 Å². The van der Waals surface area contributed by atoms with Gasteiger partial charge in [-0.2, -0.15) is 9.78 Å². The van der Waals surface area contributed by atoms with Crippen molar-refractivity contribution in [1.82, 2.24) is 19.7 Å². The van der Waals surface area contributed by atoms with E-state index in [1.54, 1.807) is 4.68 Å². The maximum atomic E-state index is 6.23. The van der Waals surface area contributed by atoms with Crippen molar-refractivity contribution < 1.29 is 0 Å². The fraction of sp³-hybridized carbons (Fsp3) is 0.286. The molecule has 0 atom stereocenters. The third-order valence-electron chi connectivity index (χ3n) is 2.91. The third kappa shape index (κ3) is 2.36. The van der Waals surface area contributed by atoms with E-state index in [4.69, 9.17) is 11.6 Å². The zero-order chi connectivity index (χ0) is 13.4. The van der Waals surface area contributed by atoms with Crippen molar-refractivity contribution in [3.8, 4) is 5.95 Å². The predicted octanol–water partition coefficient (Wildman–Crippen LogP) is 3.60. The Morgan fingerprint density at radius 1 is 1.32 bits per heavy atom. The standard InChI is InChI=1S/C14H15ClN4/c1-9(2)7-10-8-13(15)19(18-10)14-16-11-5-3-4-6-12(11)17-14/h3-6,8-9H,7H2,1-2H3,(H,16,17). The smallest absolute Gasteiger partial charge is 0.230 e. The first-order chi connectivity index (χ1) is 9.13. The van der Waals surface area contributed by atoms with E-state index in [1.165, 1.54) is 0 Å². The molecule has 3 aromatic rings. The van der Waals surface area contributed by atoms with E-state index in [1.807, 2.05) is 30.3 Å². The number of aromatic amines is 1. The van der Waals surface area contributed by atoms with Crippen LogP contribution in [0, 0.1) is 5.92 Å². The maximum Gasteiger partial charge on any atom is 0.230 e. The summed E-state index contributed by atoms with van der Waals surface area (Å²) in [5.41, 5.74) is 2.88. The summed E-state index contributed by atoms with van der Waals surface area (Å²) in [6, 6.07) is 9.77. The summed E-state index contributed by atoms with van der Waals surface area (Å²) in [6.45, 7) is 4.32. The number of benzene rings is 1. The summed E-state index contributed by atoms with van der Waals surface area (Å²) in [5.74, 6) is 1.20. The van der Waals surface area contributed by atoms with E-state index >= 15 is 0 Å². The fourth-order valence-corrected chi connectivity index (χ4v) is 2.35. The Hall–Kier alpha value is -1.81. The number of nitrogens with one attached hydrogen (secondary N) is 1. The van der Waals surface area contributed by atoms with Gasteiger partial charge in [-0.15, -0.1) is 0 Å². The Morgan fingerprint density at radius 3 is 2.84 bits per heavy atom. The number of hydrogen-bond acceptors (Lipinski definition) is 2. The molecule has 2 aromatic heterocycles. The number of rotatable bonds is 3. The molecule has 0 aliphatic carbocycles. The van der Waals surface area contributed by atoms with Crippen LogP contribution in [0.4, 0.5) is 0 Å². The minimum Gasteiger partial charge on any atom is -0.322 e. The molecule has 0 saturated carbocycles. The Morgan fingerprint density at radius 2 is 2.11 bits per heavy atom. The lowest BCUT2D eigenvalue weighted by Crippen LogP contribution is -2.01. The van der Waals surface area contributed by atoms with Gasteiger partial charge in [-0.05, 0) is 30.5 Å². The Kier molecular flexibility index (Phi) is 3.03. The van der Waals surface area contributed by atoms with Crippen molar-refractivity contribution in [1.29, 1.82) is 0 Å². The van der Waals surface area contributed by atoms with E-state index in [0.29, 0.717) is 17.0 Å². The number of aromatic nitrogens is 4. The highest BCUT2D eigenvalue weighted by Gasteiger charge is 2.12. The second-order valence-electron chi connectivity index (χ2n) is 5.05. The topological polar surface area (TPSA) is 46.5 Å². The van der Waals surface area contributed by atoms with Gasteiger partial charge < -0.3 is 4.98 Å². The molecule has 0 fully saturated rings. The monoisotopic (exact) mass is 274 g/mol. The van der Waals surface area contributed by atoms with Gasteiger partial charge in [-0.3, -0.25) is 0 Å². The van der Waals surface area contributed by atoms with Crippen molar-refractivity contribution in [3.05, 3.63) is 41.2 Å². The van der Waals surface area contributed by atoms with Gasteiger partial charge in [0.25, 0.3) is 0 Å². The lowest BCUT2D eigenvalue weighted by Gasteiger charge is -1.99. The van der Waals surface area contributed by atoms with E-state index in [9.17, 15) is 0 Å². The molecular formula is C14H15ClN4. The van der Waals surface area contributed by atoms with Gasteiger partial charge in [0.15, 0.2) is 0 Å². The largest absolute Gasteiger partial charge is 0.322 e. The second kappa shape index (κ2) is 4.70. The zero-order valence-corrected chi connectivity index (χ0v) is 11.6. The third-order valence-corrected chi connectivity index (χ3v) is 3.18. The second-order valence-corrected chi connectivity index (χ2v) is 5.43. The highest BCUT2D eigenvalue weighted by molar-refractivity contribution is 6.29. The molecule has 0 aliphatic rings. The van der Waals surface area contributed by atoms with E-state index in [0.717, 1.165) is 23.1 Å². The Labute approximate surface area is 116 Å². The van der Waals surface area contributed by atoms with Crippen LogP contribution in [0.3, 0.4) is 0 Å². The first kappa shape index (κ1) is 12.2. The molecule has 19 heavy (non-hydrogen) atoms. The summed E-state index contributed by atoms with van der Waals surface area (Å²) in [5, 5.41) is 5.08. The number of imidazole rings is 1. The molecule has 3 rings (SSSR count). The van der Waals surface area contributed by atoms with Crippen LogP contribution < -0.4 is 0 Å². The zero-order valence-electron chi connectivity index (χ0n) is 10.9. The predicted molar refractivity (Wildman–Crippen MR) is 76.8 cm³/mol. The molecule has 0 amide bonds. The van der Waals surface area contributed by atoms with Crippen molar-refractivity contribution in [3.63, 3.8) is 0 Å². The van der Waals surface area contributed by atoms with Gasteiger partial charge in [-0.25, -0.2) is 4.98 Å². The van der Waals surface area contributed by atoms with E-state index in [2.05, 4.69) is 28.9 Å². The Balaban J connectivity index is 2.03. The lowest BCUT2D eigenvalue weighted by atomic mass is 10.1. The van der Waals surface area contributed by atoms with Crippen molar-refractivity contribution >= 4 is 22.6 Å². The SMILES string of the molecule is CC(C)Cc1cc(Cl)n(-c2nc3ccccc3[nH]2)n1. The molecule has 0 radical (unpaired) electrons. The average molecular weight is 275 g/mol. The summed E-state index contributed by atoms with van der Waals surface area (Å²) >= 11 is 6.23. The normalized spacial score (nSPS) is 11.6. The van der Waals surface area contributed by atoms with Crippen LogP contribution in [0.5, 0.6) is 0 Å². The van der Waals surface area contributed by atoms with Crippen molar-refractivity contribution in [2.45, 2.75) is 20.3 Å². The molecule has 0 aliphatic heterocycles. The van der Waals surface area contributed by atoms with Crippen molar-refractivity contribution in [2.75, 3.05) is 0 Å². The number of nitrogens with zero attached hydrogens (tertiary/aromatic N) is 3. The summed E-state index contributed by atoms with van der Waals surface area (Å²) in [4.78, 5) is 7.72. The van der Waals surface area contributed by atoms with Gasteiger partial charge in [0, 0.05) is 0 Å². The lowest BCUT2D eigenvalue weighted by molar-refractivity contribution is 0.626. The van der Waals surface area contributed by atoms with Crippen molar-refractivity contribution in [2.24, 2.45) is 5.92 Å². The number of para-hydroxylation sites is 2. The number of H-pyrrole nitrogens is 1. The highest BCUT2D eigenvalue weighted by atomic mass is 35.5. The summed E-state index contributed by atoms with van der Waals surface area (Å²) in [6.07, 6.45) is 0.910. The van der Waals surface area contributed by atoms with Crippen LogP contribution in [0.2, 0.25) is 5.15 Å². The van der Waals surface area contributed by atoms with Crippen LogP contribution in [0.15, 0.2) is 30.3 Å². The molecule has 98 valence electrons. The van der Waals surface area contributed by atoms with Crippen LogP contribution >= 0.6 is 11.6 Å². The molecule has 4 nitrogen and oxygen atoms in total. The van der Waals surface area contributed by atoms with Gasteiger partial charge in [0.2, 0.25) is 5.95 Å². The Bertz CT molecular complexity index is 678. The van der Waals surface area contributed by atoms with Crippen LogP contribution in [-0.4, -0.2) is 19.7 Å². The molecule has 1 N–H and O–H groups in total. The molecular weight excluding hydrogens is 260 g/mol. The number of fused-ring (bicyclic) bond motifs is 1. The minimum absolute atomic E-state index is 0.551. The molecule has 1 aromatic carbocycles. The van der Waals surface area contributed by atoms with Gasteiger partial charge >= 0.3 is 0 Å². The molecule has 0 saturated heterocycles. The van der Waals surface area contributed by atoms with Crippen LogP contribution in [-0.2, 0) is 6.42 Å². The van der Waals surface area contributed by atoms with Gasteiger partial charge in [-0.1, -0.05) is 37.6 Å². The number of halogens is 1. The molecule has 0 unspecified atom stereocenters. The van der Waals surface area contributed by atoms with Gasteiger partial charge in [0.05, 0.1) is 16.7 Å². The maximum absolute atomic E-state index is 6.23. The number of hydrogen-bond donors (Lipinski definition) is 1. The average Bonchev–Trinajstić information content (AvgIpc) is 2.91. The highest BCUT2D eigenvalue weighted by Crippen LogP contribution is 2.19. The van der Waals surface area contributed by atoms with E-state index in [-0.39, 0.29) is 0 Å². The van der Waals surface area contributed by atoms with Crippen LogP contribution in [0.1, 0.15) is 19.5 Å². The fourth-order valence-electron chi connectivity index (χ4n) is 2.11. The van der Waals surface area contributed by atoms with E-state index < -0.39 is 0 Å². The van der Waals surface area contributed by atoms with Gasteiger partial charge in [0.1, 0.15) is 5.15 Å². The quantitative estimate of drug-likeness (QED) is 0.793. The summed E-state index contributed by atoms with van der Waals surface area (Å²) < 4.78 is 1.65.